The Bertz CT molecular complexity index is 1460. The number of rotatable bonds is 8. The fraction of sp³-hybridized carbons (Fsp3) is 0.115. The Morgan fingerprint density at radius 3 is 2.43 bits per heavy atom. The molecule has 0 unspecified atom stereocenters. The number of hydrogen-bond acceptors (Lipinski definition) is 6. The summed E-state index contributed by atoms with van der Waals surface area (Å²) in [7, 11) is -2.46. The molecule has 0 atom stereocenters. The fourth-order valence-electron chi connectivity index (χ4n) is 3.30. The van der Waals surface area contributed by atoms with E-state index in [9.17, 15) is 13.2 Å². The van der Waals surface area contributed by atoms with Crippen molar-refractivity contribution in [2.24, 2.45) is 0 Å². The molecule has 4 rings (SSSR count). The van der Waals surface area contributed by atoms with Gasteiger partial charge in [-0.2, -0.15) is 0 Å². The Labute approximate surface area is 208 Å². The molecule has 3 aromatic carbocycles. The summed E-state index contributed by atoms with van der Waals surface area (Å²) in [5.41, 5.74) is 1.30. The Kier molecular flexibility index (Phi) is 7.14. The molecule has 0 saturated carbocycles. The SMILES string of the molecule is COc1cc(NC(=O)c2ccc(COc3cccc(C)c3)o2)cc(S(=O)(=O)c2ccc(Cl)cc2)c1. The topological polar surface area (TPSA) is 94.8 Å². The minimum atomic E-state index is -3.87. The molecule has 9 heteroatoms. The summed E-state index contributed by atoms with van der Waals surface area (Å²) in [4.78, 5) is 12.8. The zero-order chi connectivity index (χ0) is 25.0. The van der Waals surface area contributed by atoms with E-state index < -0.39 is 15.7 Å². The standard InChI is InChI=1S/C26H22ClNO6S/c1-17-4-3-5-20(12-17)33-16-21-8-11-25(34-21)26(29)28-19-13-22(32-2)15-24(14-19)35(30,31)23-9-6-18(27)7-10-23/h3-15H,16H2,1-2H3,(H,28,29). The minimum Gasteiger partial charge on any atom is -0.497 e. The van der Waals surface area contributed by atoms with Gasteiger partial charge in [0.05, 0.1) is 16.9 Å². The second-order valence-electron chi connectivity index (χ2n) is 7.68. The Morgan fingerprint density at radius 2 is 1.71 bits per heavy atom. The van der Waals surface area contributed by atoms with E-state index in [1.165, 1.54) is 55.6 Å². The lowest BCUT2D eigenvalue weighted by Gasteiger charge is -2.11. The predicted octanol–water partition coefficient (Wildman–Crippen LogP) is 5.91. The van der Waals surface area contributed by atoms with Crippen molar-refractivity contribution in [1.82, 2.24) is 0 Å². The maximum atomic E-state index is 13.1. The maximum absolute atomic E-state index is 13.1. The number of ether oxygens (including phenoxy) is 2. The van der Waals surface area contributed by atoms with E-state index in [0.717, 1.165) is 5.56 Å². The number of benzene rings is 3. The average molecular weight is 512 g/mol. The predicted molar refractivity (Wildman–Crippen MR) is 132 cm³/mol. The highest BCUT2D eigenvalue weighted by Gasteiger charge is 2.21. The lowest BCUT2D eigenvalue weighted by Crippen LogP contribution is -2.12. The van der Waals surface area contributed by atoms with Gasteiger partial charge in [-0.3, -0.25) is 4.79 Å². The Balaban J connectivity index is 1.51. The minimum absolute atomic E-state index is 0.0406. The molecule has 0 aliphatic rings. The van der Waals surface area contributed by atoms with Gasteiger partial charge in [0.15, 0.2) is 5.76 Å². The van der Waals surface area contributed by atoms with Gasteiger partial charge < -0.3 is 19.2 Å². The van der Waals surface area contributed by atoms with E-state index in [4.69, 9.17) is 25.5 Å². The highest BCUT2D eigenvalue weighted by molar-refractivity contribution is 7.91. The number of furan rings is 1. The van der Waals surface area contributed by atoms with Gasteiger partial charge in [-0.15, -0.1) is 0 Å². The first kappa shape index (κ1) is 24.4. The number of hydrogen-bond donors (Lipinski definition) is 1. The third-order valence-electron chi connectivity index (χ3n) is 5.06. The summed E-state index contributed by atoms with van der Waals surface area (Å²) in [6.07, 6.45) is 0. The molecule has 0 bridgehead atoms. The van der Waals surface area contributed by atoms with Crippen LogP contribution in [0.15, 0.2) is 93.1 Å². The quantitative estimate of drug-likeness (QED) is 0.316. The van der Waals surface area contributed by atoms with E-state index in [-0.39, 0.29) is 33.6 Å². The van der Waals surface area contributed by atoms with Crippen LogP contribution < -0.4 is 14.8 Å². The smallest absolute Gasteiger partial charge is 0.291 e. The van der Waals surface area contributed by atoms with Crippen LogP contribution in [0.1, 0.15) is 21.9 Å². The normalized spacial score (nSPS) is 11.2. The average Bonchev–Trinajstić information content (AvgIpc) is 3.32. The van der Waals surface area contributed by atoms with Crippen molar-refractivity contribution >= 4 is 33.0 Å². The van der Waals surface area contributed by atoms with Crippen LogP contribution >= 0.6 is 11.6 Å². The number of sulfone groups is 1. The van der Waals surface area contributed by atoms with Crippen molar-refractivity contribution in [1.29, 1.82) is 0 Å². The monoisotopic (exact) mass is 511 g/mol. The molecule has 0 aliphatic carbocycles. The molecule has 180 valence electrons. The fourth-order valence-corrected chi connectivity index (χ4v) is 4.74. The van der Waals surface area contributed by atoms with Gasteiger partial charge in [-0.25, -0.2) is 8.42 Å². The van der Waals surface area contributed by atoms with Gasteiger partial charge in [-0.05, 0) is 73.2 Å². The lowest BCUT2D eigenvalue weighted by atomic mass is 10.2. The first-order valence-corrected chi connectivity index (χ1v) is 12.4. The first-order valence-electron chi connectivity index (χ1n) is 10.5. The van der Waals surface area contributed by atoms with Crippen LogP contribution in [0, 0.1) is 6.92 Å². The molecule has 0 spiro atoms. The van der Waals surface area contributed by atoms with Crippen LogP contribution in [0.2, 0.25) is 5.02 Å². The van der Waals surface area contributed by atoms with Crippen molar-refractivity contribution in [3.05, 3.63) is 101 Å². The van der Waals surface area contributed by atoms with E-state index in [1.54, 1.807) is 6.07 Å². The zero-order valence-electron chi connectivity index (χ0n) is 18.9. The third kappa shape index (κ3) is 5.85. The Morgan fingerprint density at radius 1 is 0.943 bits per heavy atom. The molecule has 0 aliphatic heterocycles. The molecule has 0 radical (unpaired) electrons. The molecule has 4 aromatic rings. The number of nitrogens with one attached hydrogen (secondary N) is 1. The number of methoxy groups -OCH3 is 1. The highest BCUT2D eigenvalue weighted by atomic mass is 35.5. The summed E-state index contributed by atoms with van der Waals surface area (Å²) in [5, 5.41) is 3.08. The summed E-state index contributed by atoms with van der Waals surface area (Å²) in [5.74, 6) is 0.932. The van der Waals surface area contributed by atoms with Crippen LogP contribution in [0.5, 0.6) is 11.5 Å². The van der Waals surface area contributed by atoms with Crippen molar-refractivity contribution in [3.63, 3.8) is 0 Å². The summed E-state index contributed by atoms with van der Waals surface area (Å²) < 4.78 is 42.7. The van der Waals surface area contributed by atoms with Gasteiger partial charge in [0, 0.05) is 16.8 Å². The van der Waals surface area contributed by atoms with Crippen LogP contribution in [-0.4, -0.2) is 21.4 Å². The Hall–Kier alpha value is -3.75. The number of halogens is 1. The number of aryl methyl sites for hydroxylation is 1. The van der Waals surface area contributed by atoms with Gasteiger partial charge in [0.1, 0.15) is 23.9 Å². The van der Waals surface area contributed by atoms with Gasteiger partial charge in [0.25, 0.3) is 5.91 Å². The van der Waals surface area contributed by atoms with Crippen LogP contribution in [0.25, 0.3) is 0 Å². The highest BCUT2D eigenvalue weighted by Crippen LogP contribution is 2.29. The van der Waals surface area contributed by atoms with E-state index in [0.29, 0.717) is 16.5 Å². The molecular formula is C26H22ClNO6S. The van der Waals surface area contributed by atoms with Crippen molar-refractivity contribution in [2.45, 2.75) is 23.3 Å². The zero-order valence-corrected chi connectivity index (χ0v) is 20.5. The maximum Gasteiger partial charge on any atom is 0.291 e. The van der Waals surface area contributed by atoms with Crippen molar-refractivity contribution < 1.29 is 27.1 Å². The second-order valence-corrected chi connectivity index (χ2v) is 10.1. The first-order chi connectivity index (χ1) is 16.7. The van der Waals surface area contributed by atoms with Crippen LogP contribution in [-0.2, 0) is 16.4 Å². The summed E-state index contributed by atoms with van der Waals surface area (Å²) in [6, 6.07) is 20.8. The second kappa shape index (κ2) is 10.2. The largest absolute Gasteiger partial charge is 0.497 e. The summed E-state index contributed by atoms with van der Waals surface area (Å²) >= 11 is 5.88. The molecule has 0 saturated heterocycles. The van der Waals surface area contributed by atoms with Crippen LogP contribution in [0.4, 0.5) is 5.69 Å². The third-order valence-corrected chi connectivity index (χ3v) is 7.06. The molecule has 0 fully saturated rings. The molecular weight excluding hydrogens is 490 g/mol. The molecule has 7 nitrogen and oxygen atoms in total. The molecule has 1 heterocycles. The summed E-state index contributed by atoms with van der Waals surface area (Å²) in [6.45, 7) is 2.12. The van der Waals surface area contributed by atoms with Gasteiger partial charge >= 0.3 is 0 Å². The van der Waals surface area contributed by atoms with Crippen molar-refractivity contribution in [3.8, 4) is 11.5 Å². The number of carbonyl (C=O) groups is 1. The number of amides is 1. The van der Waals surface area contributed by atoms with Gasteiger partial charge in [0.2, 0.25) is 9.84 Å². The van der Waals surface area contributed by atoms with E-state index >= 15 is 0 Å². The lowest BCUT2D eigenvalue weighted by molar-refractivity contribution is 0.0992. The van der Waals surface area contributed by atoms with Gasteiger partial charge in [-0.1, -0.05) is 23.7 Å². The number of carbonyl (C=O) groups excluding carboxylic acids is 1. The van der Waals surface area contributed by atoms with Crippen LogP contribution in [0.3, 0.4) is 0 Å². The molecule has 1 amide bonds. The molecule has 1 aromatic heterocycles. The van der Waals surface area contributed by atoms with Crippen molar-refractivity contribution in [2.75, 3.05) is 12.4 Å². The molecule has 1 N–H and O–H groups in total. The van der Waals surface area contributed by atoms with E-state index in [2.05, 4.69) is 5.32 Å². The molecule has 35 heavy (non-hydrogen) atoms. The number of anilines is 1. The van der Waals surface area contributed by atoms with E-state index in [1.807, 2.05) is 31.2 Å².